The molecule has 0 spiro atoms. The van der Waals surface area contributed by atoms with E-state index >= 15 is 0 Å². The van der Waals surface area contributed by atoms with Crippen LogP contribution in [0.15, 0.2) is 18.2 Å². The van der Waals surface area contributed by atoms with E-state index in [2.05, 4.69) is 4.74 Å². The summed E-state index contributed by atoms with van der Waals surface area (Å²) in [7, 11) is 0. The number of aryl methyl sites for hydroxylation is 2. The lowest BCUT2D eigenvalue weighted by Crippen LogP contribution is -2.02. The summed E-state index contributed by atoms with van der Waals surface area (Å²) in [6.07, 6.45) is 0.821. The Balaban J connectivity index is 2.88. The van der Waals surface area contributed by atoms with E-state index in [1.165, 1.54) is 0 Å². The summed E-state index contributed by atoms with van der Waals surface area (Å²) in [4.78, 5) is 0. The number of hydrogen-bond donors (Lipinski definition) is 0. The Hall–Kier alpha value is -1.12. The Morgan fingerprint density at radius 1 is 1.31 bits per heavy atom. The van der Waals surface area contributed by atoms with Gasteiger partial charge in [-0.1, -0.05) is 13.0 Å². The largest absolute Gasteiger partial charge is 0.435 e. The highest BCUT2D eigenvalue weighted by Crippen LogP contribution is 2.19. The van der Waals surface area contributed by atoms with Crippen molar-refractivity contribution in [2.75, 3.05) is 0 Å². The van der Waals surface area contributed by atoms with Crippen molar-refractivity contribution in [3.8, 4) is 5.75 Å². The highest BCUT2D eigenvalue weighted by molar-refractivity contribution is 5.33. The molecule has 0 heterocycles. The van der Waals surface area contributed by atoms with Gasteiger partial charge in [0.1, 0.15) is 5.75 Å². The predicted molar refractivity (Wildman–Crippen MR) is 47.2 cm³/mol. The first-order valence-electron chi connectivity index (χ1n) is 4.17. The average molecular weight is 186 g/mol. The van der Waals surface area contributed by atoms with Crippen molar-refractivity contribution in [1.29, 1.82) is 0 Å². The molecule has 13 heavy (non-hydrogen) atoms. The van der Waals surface area contributed by atoms with E-state index in [0.717, 1.165) is 17.5 Å². The normalized spacial score (nSPS) is 10.5. The van der Waals surface area contributed by atoms with Crippen LogP contribution in [-0.4, -0.2) is 6.61 Å². The van der Waals surface area contributed by atoms with Crippen LogP contribution >= 0.6 is 0 Å². The molecule has 0 saturated carbocycles. The Kier molecular flexibility index (Phi) is 3.23. The maximum atomic E-state index is 11.9. The third kappa shape index (κ3) is 3.01. The van der Waals surface area contributed by atoms with Crippen molar-refractivity contribution >= 4 is 0 Å². The zero-order chi connectivity index (χ0) is 9.84. The van der Waals surface area contributed by atoms with Crippen LogP contribution in [-0.2, 0) is 6.42 Å². The summed E-state index contributed by atoms with van der Waals surface area (Å²) in [5.41, 5.74) is 1.95. The molecular formula is C10H12F2O. The SMILES string of the molecule is CCc1cc(C)cc(OC(F)F)c1. The number of halogens is 2. The van der Waals surface area contributed by atoms with Gasteiger partial charge in [0.15, 0.2) is 0 Å². The first-order chi connectivity index (χ1) is 6.11. The zero-order valence-electron chi connectivity index (χ0n) is 7.68. The van der Waals surface area contributed by atoms with Crippen molar-refractivity contribution in [2.45, 2.75) is 26.9 Å². The van der Waals surface area contributed by atoms with Crippen molar-refractivity contribution in [3.05, 3.63) is 29.3 Å². The molecule has 0 aliphatic carbocycles. The topological polar surface area (TPSA) is 9.23 Å². The third-order valence-electron chi connectivity index (χ3n) is 1.74. The Labute approximate surface area is 76.3 Å². The second-order valence-corrected chi connectivity index (χ2v) is 2.89. The minimum Gasteiger partial charge on any atom is -0.435 e. The quantitative estimate of drug-likeness (QED) is 0.704. The van der Waals surface area contributed by atoms with Crippen LogP contribution in [0.5, 0.6) is 5.75 Å². The molecule has 72 valence electrons. The molecule has 1 rings (SSSR count). The molecule has 0 atom stereocenters. The molecule has 0 unspecified atom stereocenters. The molecule has 3 heteroatoms. The fourth-order valence-corrected chi connectivity index (χ4v) is 1.20. The fourth-order valence-electron chi connectivity index (χ4n) is 1.20. The van der Waals surface area contributed by atoms with E-state index in [-0.39, 0.29) is 5.75 Å². The van der Waals surface area contributed by atoms with Gasteiger partial charge in [0, 0.05) is 0 Å². The van der Waals surface area contributed by atoms with Crippen molar-refractivity contribution in [3.63, 3.8) is 0 Å². The molecule has 0 amide bonds. The molecule has 0 N–H and O–H groups in total. The number of ether oxygens (including phenoxy) is 1. The fraction of sp³-hybridized carbons (Fsp3) is 0.400. The molecule has 1 nitrogen and oxygen atoms in total. The Morgan fingerprint density at radius 2 is 2.00 bits per heavy atom. The van der Waals surface area contributed by atoms with E-state index in [9.17, 15) is 8.78 Å². The summed E-state index contributed by atoms with van der Waals surface area (Å²) in [6.45, 7) is 1.09. The first kappa shape index (κ1) is 9.96. The van der Waals surface area contributed by atoms with Gasteiger partial charge in [0.2, 0.25) is 0 Å². The number of hydrogen-bond acceptors (Lipinski definition) is 1. The van der Waals surface area contributed by atoms with Gasteiger partial charge in [-0.15, -0.1) is 0 Å². The van der Waals surface area contributed by atoms with Gasteiger partial charge >= 0.3 is 6.61 Å². The molecule has 0 aliphatic heterocycles. The predicted octanol–water partition coefficient (Wildman–Crippen LogP) is 3.16. The minimum atomic E-state index is -2.74. The molecule has 1 aromatic carbocycles. The lowest BCUT2D eigenvalue weighted by atomic mass is 10.1. The van der Waals surface area contributed by atoms with Gasteiger partial charge in [-0.3, -0.25) is 0 Å². The van der Waals surface area contributed by atoms with Gasteiger partial charge in [0.25, 0.3) is 0 Å². The molecule has 0 radical (unpaired) electrons. The van der Waals surface area contributed by atoms with E-state index in [4.69, 9.17) is 0 Å². The second kappa shape index (κ2) is 4.21. The van der Waals surface area contributed by atoms with Gasteiger partial charge < -0.3 is 4.74 Å². The van der Waals surface area contributed by atoms with Gasteiger partial charge in [0.05, 0.1) is 0 Å². The summed E-state index contributed by atoms with van der Waals surface area (Å²) in [6, 6.07) is 5.20. The summed E-state index contributed by atoms with van der Waals surface area (Å²) in [5, 5.41) is 0. The smallest absolute Gasteiger partial charge is 0.387 e. The number of rotatable bonds is 3. The lowest BCUT2D eigenvalue weighted by Gasteiger charge is -2.07. The highest BCUT2D eigenvalue weighted by Gasteiger charge is 2.05. The molecule has 0 aliphatic rings. The van der Waals surface area contributed by atoms with E-state index in [1.807, 2.05) is 19.9 Å². The summed E-state index contributed by atoms with van der Waals surface area (Å²) >= 11 is 0. The second-order valence-electron chi connectivity index (χ2n) is 2.89. The van der Waals surface area contributed by atoms with Crippen LogP contribution in [0.4, 0.5) is 8.78 Å². The maximum Gasteiger partial charge on any atom is 0.387 e. The molecule has 0 aromatic heterocycles. The van der Waals surface area contributed by atoms with E-state index in [1.54, 1.807) is 12.1 Å². The van der Waals surface area contributed by atoms with Crippen LogP contribution in [0.25, 0.3) is 0 Å². The van der Waals surface area contributed by atoms with Crippen LogP contribution in [0.2, 0.25) is 0 Å². The molecule has 0 fully saturated rings. The van der Waals surface area contributed by atoms with Crippen LogP contribution < -0.4 is 4.74 Å². The Bertz CT molecular complexity index is 284. The summed E-state index contributed by atoms with van der Waals surface area (Å²) < 4.78 is 28.0. The van der Waals surface area contributed by atoms with Crippen molar-refractivity contribution in [2.24, 2.45) is 0 Å². The summed E-state index contributed by atoms with van der Waals surface area (Å²) in [5.74, 6) is 0.242. The average Bonchev–Trinajstić information content (AvgIpc) is 2.01. The number of alkyl halides is 2. The monoisotopic (exact) mass is 186 g/mol. The van der Waals surface area contributed by atoms with Gasteiger partial charge in [-0.25, -0.2) is 0 Å². The zero-order valence-corrected chi connectivity index (χ0v) is 7.68. The molecule has 0 saturated heterocycles. The van der Waals surface area contributed by atoms with Crippen molar-refractivity contribution < 1.29 is 13.5 Å². The minimum absolute atomic E-state index is 0.242. The highest BCUT2D eigenvalue weighted by atomic mass is 19.3. The lowest BCUT2D eigenvalue weighted by molar-refractivity contribution is -0.0499. The van der Waals surface area contributed by atoms with Crippen LogP contribution in [0.3, 0.4) is 0 Å². The van der Waals surface area contributed by atoms with E-state index in [0.29, 0.717) is 0 Å². The standard InChI is InChI=1S/C10H12F2O/c1-3-8-4-7(2)5-9(6-8)13-10(11)12/h4-6,10H,3H2,1-2H3. The third-order valence-corrected chi connectivity index (χ3v) is 1.74. The Morgan fingerprint density at radius 3 is 2.54 bits per heavy atom. The van der Waals surface area contributed by atoms with Crippen molar-refractivity contribution in [1.82, 2.24) is 0 Å². The maximum absolute atomic E-state index is 11.9. The first-order valence-corrected chi connectivity index (χ1v) is 4.17. The molecule has 1 aromatic rings. The van der Waals surface area contributed by atoms with Gasteiger partial charge in [-0.05, 0) is 36.6 Å². The van der Waals surface area contributed by atoms with Gasteiger partial charge in [-0.2, -0.15) is 8.78 Å². The van der Waals surface area contributed by atoms with Crippen LogP contribution in [0, 0.1) is 6.92 Å². The van der Waals surface area contributed by atoms with E-state index < -0.39 is 6.61 Å². The van der Waals surface area contributed by atoms with Crippen LogP contribution in [0.1, 0.15) is 18.1 Å². The molecular weight excluding hydrogens is 174 g/mol. The number of benzene rings is 1. The molecule has 0 bridgehead atoms.